The number of ether oxygens (including phenoxy) is 1. The van der Waals surface area contributed by atoms with E-state index in [-0.39, 0.29) is 13.0 Å². The maximum Gasteiger partial charge on any atom is 0.332 e. The summed E-state index contributed by atoms with van der Waals surface area (Å²) >= 11 is 0. The molecule has 0 bridgehead atoms. The normalized spacial score (nSPS) is 24.3. The number of carbonyl (C=O) groups excluding carboxylic acids is 2. The Morgan fingerprint density at radius 3 is 2.55 bits per heavy atom. The average molecular weight is 283 g/mol. The zero-order valence-corrected chi connectivity index (χ0v) is 10.9. The van der Waals surface area contributed by atoms with Gasteiger partial charge in [0.1, 0.15) is 5.54 Å². The Hall–Kier alpha value is -1.98. The third-order valence-electron chi connectivity index (χ3n) is 3.33. The van der Waals surface area contributed by atoms with E-state index in [1.807, 2.05) is 0 Å². The molecule has 2 rings (SSSR count). The first-order chi connectivity index (χ1) is 9.51. The van der Waals surface area contributed by atoms with Crippen molar-refractivity contribution in [1.29, 1.82) is 0 Å². The molecule has 0 aromatic heterocycles. The number of halogens is 2. The number of nitrogens with one attached hydrogen (secondary N) is 1. The Kier molecular flexibility index (Phi) is 4.01. The van der Waals surface area contributed by atoms with Gasteiger partial charge in [-0.2, -0.15) is 0 Å². The van der Waals surface area contributed by atoms with Crippen LogP contribution < -0.4 is 5.32 Å². The standard InChI is InChI=1S/C14H15F2NO3/c1-2-20-13(19)14(8-10(14)11(15)16)17-12(18)9-6-4-3-5-7-9/h3-7,10-11H,2,8H2,1H3,(H,17,18)/t10?,14-/m0/s1. The maximum absolute atomic E-state index is 12.8. The fraction of sp³-hybridized carbons (Fsp3) is 0.429. The van der Waals surface area contributed by atoms with Crippen LogP contribution in [-0.2, 0) is 9.53 Å². The molecule has 1 aromatic carbocycles. The topological polar surface area (TPSA) is 55.4 Å². The molecule has 0 radical (unpaired) electrons. The Bertz CT molecular complexity index is 506. The van der Waals surface area contributed by atoms with Crippen molar-refractivity contribution >= 4 is 11.9 Å². The highest BCUT2D eigenvalue weighted by Gasteiger charge is 2.66. The van der Waals surface area contributed by atoms with E-state index >= 15 is 0 Å². The predicted octanol–water partition coefficient (Wildman–Crippen LogP) is 2.00. The van der Waals surface area contributed by atoms with Gasteiger partial charge in [-0.1, -0.05) is 18.2 Å². The molecule has 0 saturated heterocycles. The van der Waals surface area contributed by atoms with Crippen LogP contribution in [0.1, 0.15) is 23.7 Å². The Labute approximate surface area is 115 Å². The molecule has 6 heteroatoms. The SMILES string of the molecule is CCOC(=O)[C@]1(NC(=O)c2ccccc2)CC1C(F)F. The van der Waals surface area contributed by atoms with Crippen LogP contribution in [0.5, 0.6) is 0 Å². The number of carbonyl (C=O) groups is 2. The Morgan fingerprint density at radius 1 is 1.40 bits per heavy atom. The van der Waals surface area contributed by atoms with Gasteiger partial charge in [0.25, 0.3) is 5.91 Å². The molecule has 1 aliphatic carbocycles. The predicted molar refractivity (Wildman–Crippen MR) is 67.4 cm³/mol. The first-order valence-electron chi connectivity index (χ1n) is 6.34. The zero-order valence-electron chi connectivity index (χ0n) is 10.9. The summed E-state index contributed by atoms with van der Waals surface area (Å²) in [6, 6.07) is 8.14. The molecule has 20 heavy (non-hydrogen) atoms. The number of esters is 1. The summed E-state index contributed by atoms with van der Waals surface area (Å²) < 4.78 is 30.4. The van der Waals surface area contributed by atoms with Gasteiger partial charge in [-0.25, -0.2) is 13.6 Å². The van der Waals surface area contributed by atoms with Crippen molar-refractivity contribution in [2.45, 2.75) is 25.3 Å². The molecule has 1 aliphatic rings. The first-order valence-corrected chi connectivity index (χ1v) is 6.34. The zero-order chi connectivity index (χ0) is 14.8. The minimum Gasteiger partial charge on any atom is -0.464 e. The van der Waals surface area contributed by atoms with Crippen LogP contribution in [0.3, 0.4) is 0 Å². The number of hydrogen-bond acceptors (Lipinski definition) is 3. The molecule has 108 valence electrons. The van der Waals surface area contributed by atoms with Gasteiger partial charge in [0.15, 0.2) is 0 Å². The van der Waals surface area contributed by atoms with E-state index in [4.69, 9.17) is 4.74 Å². The molecule has 1 saturated carbocycles. The highest BCUT2D eigenvalue weighted by molar-refractivity contribution is 5.99. The molecule has 1 amide bonds. The number of amides is 1. The van der Waals surface area contributed by atoms with Crippen molar-refractivity contribution in [3.8, 4) is 0 Å². The van der Waals surface area contributed by atoms with Crippen LogP contribution in [0.4, 0.5) is 8.78 Å². The second kappa shape index (κ2) is 5.56. The molecule has 2 atom stereocenters. The molecule has 1 fully saturated rings. The average Bonchev–Trinajstić information content (AvgIpc) is 3.16. The number of alkyl halides is 2. The smallest absolute Gasteiger partial charge is 0.332 e. The van der Waals surface area contributed by atoms with Gasteiger partial charge >= 0.3 is 5.97 Å². The van der Waals surface area contributed by atoms with Gasteiger partial charge in [-0.3, -0.25) is 4.79 Å². The number of benzene rings is 1. The van der Waals surface area contributed by atoms with Gasteiger partial charge in [0.05, 0.1) is 12.5 Å². The van der Waals surface area contributed by atoms with Crippen molar-refractivity contribution < 1.29 is 23.1 Å². The summed E-state index contributed by atoms with van der Waals surface area (Å²) in [5, 5.41) is 2.41. The van der Waals surface area contributed by atoms with Gasteiger partial charge in [0, 0.05) is 5.56 Å². The Morgan fingerprint density at radius 2 is 2.05 bits per heavy atom. The van der Waals surface area contributed by atoms with E-state index < -0.39 is 29.8 Å². The fourth-order valence-electron chi connectivity index (χ4n) is 2.15. The van der Waals surface area contributed by atoms with Crippen molar-refractivity contribution in [3.63, 3.8) is 0 Å². The molecule has 1 aromatic rings. The minimum absolute atomic E-state index is 0.0811. The minimum atomic E-state index is -2.67. The lowest BCUT2D eigenvalue weighted by Gasteiger charge is -2.17. The quantitative estimate of drug-likeness (QED) is 0.841. The lowest BCUT2D eigenvalue weighted by molar-refractivity contribution is -0.147. The second-order valence-electron chi connectivity index (χ2n) is 4.66. The number of rotatable bonds is 5. The summed E-state index contributed by atoms with van der Waals surface area (Å²) in [5.41, 5.74) is -1.27. The summed E-state index contributed by atoms with van der Waals surface area (Å²) in [6.45, 7) is 1.67. The molecule has 1 unspecified atom stereocenters. The second-order valence-corrected chi connectivity index (χ2v) is 4.66. The largest absolute Gasteiger partial charge is 0.464 e. The molecular weight excluding hydrogens is 268 g/mol. The van der Waals surface area contributed by atoms with E-state index in [2.05, 4.69) is 5.32 Å². The van der Waals surface area contributed by atoms with Crippen LogP contribution in [0.2, 0.25) is 0 Å². The molecule has 0 aliphatic heterocycles. The molecule has 0 heterocycles. The maximum atomic E-state index is 12.8. The van der Waals surface area contributed by atoms with Crippen LogP contribution in [-0.4, -0.2) is 30.4 Å². The van der Waals surface area contributed by atoms with E-state index in [0.717, 1.165) is 0 Å². The summed E-state index contributed by atoms with van der Waals surface area (Å²) in [4.78, 5) is 23.9. The third-order valence-corrected chi connectivity index (χ3v) is 3.33. The lowest BCUT2D eigenvalue weighted by Crippen LogP contribution is -2.46. The summed E-state index contributed by atoms with van der Waals surface area (Å²) in [7, 11) is 0. The lowest BCUT2D eigenvalue weighted by atomic mass is 10.1. The van der Waals surface area contributed by atoms with Gasteiger partial charge in [-0.05, 0) is 25.5 Å². The van der Waals surface area contributed by atoms with Crippen LogP contribution >= 0.6 is 0 Å². The van der Waals surface area contributed by atoms with E-state index in [1.54, 1.807) is 37.3 Å². The molecule has 0 spiro atoms. The van der Waals surface area contributed by atoms with Gasteiger partial charge < -0.3 is 10.1 Å². The van der Waals surface area contributed by atoms with Crippen molar-refractivity contribution in [2.75, 3.05) is 6.61 Å². The van der Waals surface area contributed by atoms with E-state index in [0.29, 0.717) is 5.56 Å². The van der Waals surface area contributed by atoms with Gasteiger partial charge in [0.2, 0.25) is 6.43 Å². The molecule has 4 nitrogen and oxygen atoms in total. The van der Waals surface area contributed by atoms with E-state index in [9.17, 15) is 18.4 Å². The van der Waals surface area contributed by atoms with Crippen molar-refractivity contribution in [3.05, 3.63) is 35.9 Å². The Balaban J connectivity index is 2.14. The summed E-state index contributed by atoms with van der Waals surface area (Å²) in [5.74, 6) is -2.54. The van der Waals surface area contributed by atoms with E-state index in [1.165, 1.54) is 0 Å². The van der Waals surface area contributed by atoms with Gasteiger partial charge in [-0.15, -0.1) is 0 Å². The third kappa shape index (κ3) is 2.64. The monoisotopic (exact) mass is 283 g/mol. The number of hydrogen-bond donors (Lipinski definition) is 1. The van der Waals surface area contributed by atoms with Crippen LogP contribution in [0, 0.1) is 5.92 Å². The highest BCUT2D eigenvalue weighted by Crippen LogP contribution is 2.48. The van der Waals surface area contributed by atoms with Crippen LogP contribution in [0.15, 0.2) is 30.3 Å². The highest BCUT2D eigenvalue weighted by atomic mass is 19.3. The fourth-order valence-corrected chi connectivity index (χ4v) is 2.15. The molecule has 1 N–H and O–H groups in total. The van der Waals surface area contributed by atoms with Crippen molar-refractivity contribution in [1.82, 2.24) is 5.32 Å². The van der Waals surface area contributed by atoms with Crippen LogP contribution in [0.25, 0.3) is 0 Å². The first kappa shape index (κ1) is 14.4. The van der Waals surface area contributed by atoms with Crippen molar-refractivity contribution in [2.24, 2.45) is 5.92 Å². The summed E-state index contributed by atoms with van der Waals surface area (Å²) in [6.07, 6.45) is -2.77. The molecular formula is C14H15F2NO3.